The number of carbonyl (C=O) groups is 2. The molecule has 0 saturated carbocycles. The van der Waals surface area contributed by atoms with Crippen molar-refractivity contribution < 1.29 is 9.59 Å². The Balaban J connectivity index is 1.37. The average Bonchev–Trinajstić information content (AvgIpc) is 3.22. The summed E-state index contributed by atoms with van der Waals surface area (Å²) >= 11 is 0. The number of anilines is 2. The highest BCUT2D eigenvalue weighted by Crippen LogP contribution is 2.27. The van der Waals surface area contributed by atoms with Gasteiger partial charge in [-0.2, -0.15) is 0 Å². The summed E-state index contributed by atoms with van der Waals surface area (Å²) in [7, 11) is 0. The first-order valence-electron chi connectivity index (χ1n) is 10.2. The van der Waals surface area contributed by atoms with Crippen LogP contribution >= 0.6 is 0 Å². The van der Waals surface area contributed by atoms with Crippen LogP contribution in [0.25, 0.3) is 0 Å². The molecule has 0 bridgehead atoms. The molecule has 2 amide bonds. The van der Waals surface area contributed by atoms with E-state index in [4.69, 9.17) is 0 Å². The van der Waals surface area contributed by atoms with Gasteiger partial charge < -0.3 is 15.5 Å². The Morgan fingerprint density at radius 3 is 2.57 bits per heavy atom. The number of benzene rings is 3. The van der Waals surface area contributed by atoms with E-state index in [-0.39, 0.29) is 24.4 Å². The summed E-state index contributed by atoms with van der Waals surface area (Å²) in [6, 6.07) is 25.0. The smallest absolute Gasteiger partial charge is 0.251 e. The van der Waals surface area contributed by atoms with Gasteiger partial charge in [0, 0.05) is 23.5 Å². The van der Waals surface area contributed by atoms with Crippen LogP contribution in [0, 0.1) is 0 Å². The third-order valence-electron chi connectivity index (χ3n) is 5.40. The van der Waals surface area contributed by atoms with Gasteiger partial charge in [0.15, 0.2) is 0 Å². The molecule has 5 heteroatoms. The highest BCUT2D eigenvalue weighted by Gasteiger charge is 2.23. The van der Waals surface area contributed by atoms with E-state index in [1.54, 1.807) is 12.1 Å². The molecule has 0 radical (unpaired) electrons. The fourth-order valence-electron chi connectivity index (χ4n) is 3.75. The number of hydrogen-bond acceptors (Lipinski definition) is 3. The summed E-state index contributed by atoms with van der Waals surface area (Å²) < 4.78 is 0. The van der Waals surface area contributed by atoms with Crippen LogP contribution in [0.5, 0.6) is 0 Å². The van der Waals surface area contributed by atoms with Gasteiger partial charge in [-0.15, -0.1) is 0 Å². The summed E-state index contributed by atoms with van der Waals surface area (Å²) in [5.74, 6) is -0.123. The van der Waals surface area contributed by atoms with E-state index in [0.717, 1.165) is 23.4 Å². The Bertz CT molecular complexity index is 1050. The van der Waals surface area contributed by atoms with Crippen LogP contribution in [0.4, 0.5) is 11.4 Å². The van der Waals surface area contributed by atoms with Gasteiger partial charge in [0.2, 0.25) is 5.91 Å². The van der Waals surface area contributed by atoms with Gasteiger partial charge in [-0.25, -0.2) is 0 Å². The van der Waals surface area contributed by atoms with Crippen LogP contribution in [0.3, 0.4) is 0 Å². The predicted molar refractivity (Wildman–Crippen MR) is 120 cm³/mol. The van der Waals surface area contributed by atoms with Gasteiger partial charge >= 0.3 is 0 Å². The van der Waals surface area contributed by atoms with Crippen molar-refractivity contribution in [2.24, 2.45) is 0 Å². The van der Waals surface area contributed by atoms with E-state index < -0.39 is 0 Å². The van der Waals surface area contributed by atoms with Crippen LogP contribution in [0.2, 0.25) is 0 Å². The minimum absolute atomic E-state index is 0.0208. The molecule has 30 heavy (non-hydrogen) atoms. The molecule has 0 aliphatic carbocycles. The zero-order valence-corrected chi connectivity index (χ0v) is 17.0. The van der Waals surface area contributed by atoms with Gasteiger partial charge in [-0.1, -0.05) is 54.6 Å². The monoisotopic (exact) mass is 399 g/mol. The highest BCUT2D eigenvalue weighted by molar-refractivity contribution is 5.98. The zero-order chi connectivity index (χ0) is 20.9. The first kappa shape index (κ1) is 19.7. The van der Waals surface area contributed by atoms with Crippen molar-refractivity contribution in [3.05, 3.63) is 95.6 Å². The zero-order valence-electron chi connectivity index (χ0n) is 17.0. The quantitative estimate of drug-likeness (QED) is 0.654. The third-order valence-corrected chi connectivity index (χ3v) is 5.40. The SMILES string of the molecule is CC(NC(=O)c1cccc(NCC(=O)N2CCc3ccccc32)c1)c1ccccc1. The molecule has 5 nitrogen and oxygen atoms in total. The van der Waals surface area contributed by atoms with Crippen LogP contribution < -0.4 is 15.5 Å². The Kier molecular flexibility index (Phi) is 5.80. The molecule has 0 aromatic heterocycles. The van der Waals surface area contributed by atoms with E-state index >= 15 is 0 Å². The molecule has 152 valence electrons. The predicted octanol–water partition coefficient (Wildman–Crippen LogP) is 4.18. The third kappa shape index (κ3) is 4.35. The molecule has 0 spiro atoms. The molecule has 1 atom stereocenters. The van der Waals surface area contributed by atoms with Crippen LogP contribution in [0.15, 0.2) is 78.9 Å². The van der Waals surface area contributed by atoms with Gasteiger partial charge in [-0.3, -0.25) is 9.59 Å². The molecule has 1 aliphatic heterocycles. The van der Waals surface area contributed by atoms with E-state index in [9.17, 15) is 9.59 Å². The van der Waals surface area contributed by atoms with Crippen molar-refractivity contribution in [1.82, 2.24) is 5.32 Å². The minimum Gasteiger partial charge on any atom is -0.376 e. The van der Waals surface area contributed by atoms with Crippen LogP contribution in [-0.2, 0) is 11.2 Å². The van der Waals surface area contributed by atoms with E-state index in [2.05, 4.69) is 16.7 Å². The van der Waals surface area contributed by atoms with Crippen molar-refractivity contribution in [3.63, 3.8) is 0 Å². The first-order chi connectivity index (χ1) is 14.6. The average molecular weight is 399 g/mol. The maximum absolute atomic E-state index is 12.7. The van der Waals surface area contributed by atoms with Gasteiger partial charge in [0.25, 0.3) is 5.91 Å². The van der Waals surface area contributed by atoms with Crippen molar-refractivity contribution in [2.45, 2.75) is 19.4 Å². The number of para-hydroxylation sites is 1. The van der Waals surface area contributed by atoms with Crippen molar-refractivity contribution in [2.75, 3.05) is 23.3 Å². The van der Waals surface area contributed by atoms with Gasteiger partial charge in [-0.05, 0) is 48.7 Å². The maximum atomic E-state index is 12.7. The lowest BCUT2D eigenvalue weighted by molar-refractivity contribution is -0.116. The summed E-state index contributed by atoms with van der Waals surface area (Å²) in [6.07, 6.45) is 0.886. The van der Waals surface area contributed by atoms with Crippen molar-refractivity contribution >= 4 is 23.2 Å². The van der Waals surface area contributed by atoms with E-state index in [1.807, 2.05) is 72.5 Å². The minimum atomic E-state index is -0.144. The lowest BCUT2D eigenvalue weighted by Gasteiger charge is -2.18. The number of hydrogen-bond donors (Lipinski definition) is 2. The van der Waals surface area contributed by atoms with Gasteiger partial charge in [0.05, 0.1) is 12.6 Å². The Morgan fingerprint density at radius 2 is 1.73 bits per heavy atom. The molecule has 0 fully saturated rings. The second-order valence-corrected chi connectivity index (χ2v) is 7.46. The van der Waals surface area contributed by atoms with E-state index in [0.29, 0.717) is 12.1 Å². The van der Waals surface area contributed by atoms with Gasteiger partial charge in [0.1, 0.15) is 0 Å². The second kappa shape index (κ2) is 8.82. The summed E-state index contributed by atoms with van der Waals surface area (Å²) in [5.41, 5.74) is 4.55. The summed E-state index contributed by atoms with van der Waals surface area (Å²) in [4.78, 5) is 27.2. The molecular weight excluding hydrogens is 374 g/mol. The maximum Gasteiger partial charge on any atom is 0.251 e. The second-order valence-electron chi connectivity index (χ2n) is 7.46. The number of nitrogens with zero attached hydrogens (tertiary/aromatic N) is 1. The molecule has 1 aliphatic rings. The highest BCUT2D eigenvalue weighted by atomic mass is 16.2. The molecule has 2 N–H and O–H groups in total. The molecule has 4 rings (SSSR count). The number of nitrogens with one attached hydrogen (secondary N) is 2. The molecule has 3 aromatic rings. The molecule has 1 heterocycles. The van der Waals surface area contributed by atoms with Crippen LogP contribution in [-0.4, -0.2) is 24.9 Å². The molecule has 1 unspecified atom stereocenters. The topological polar surface area (TPSA) is 61.4 Å². The fourth-order valence-corrected chi connectivity index (χ4v) is 3.75. The Hall–Kier alpha value is -3.60. The number of rotatable bonds is 6. The fraction of sp³-hybridized carbons (Fsp3) is 0.200. The number of fused-ring (bicyclic) bond motifs is 1. The molecule has 0 saturated heterocycles. The van der Waals surface area contributed by atoms with Crippen LogP contribution in [0.1, 0.15) is 34.5 Å². The largest absolute Gasteiger partial charge is 0.376 e. The lowest BCUT2D eigenvalue weighted by atomic mass is 10.1. The van der Waals surface area contributed by atoms with Crippen molar-refractivity contribution in [3.8, 4) is 0 Å². The first-order valence-corrected chi connectivity index (χ1v) is 10.2. The van der Waals surface area contributed by atoms with Crippen molar-refractivity contribution in [1.29, 1.82) is 0 Å². The van der Waals surface area contributed by atoms with E-state index in [1.165, 1.54) is 5.56 Å². The summed E-state index contributed by atoms with van der Waals surface area (Å²) in [6.45, 7) is 2.85. The molecular formula is C25H25N3O2. The Morgan fingerprint density at radius 1 is 0.967 bits per heavy atom. The normalized spacial score (nSPS) is 13.4. The number of carbonyl (C=O) groups excluding carboxylic acids is 2. The standard InChI is InChI=1S/C25H25N3O2/c1-18(19-8-3-2-4-9-19)27-25(30)21-11-7-12-22(16-21)26-17-24(29)28-15-14-20-10-5-6-13-23(20)28/h2-13,16,18,26H,14-15,17H2,1H3,(H,27,30). The summed E-state index contributed by atoms with van der Waals surface area (Å²) in [5, 5.41) is 6.18. The lowest BCUT2D eigenvalue weighted by Crippen LogP contribution is -2.34. The number of amides is 2. The Labute approximate surface area is 176 Å². The molecule has 3 aromatic carbocycles.